The van der Waals surface area contributed by atoms with Crippen LogP contribution in [0.5, 0.6) is 0 Å². The molecular weight excluding hydrogens is 494 g/mol. The molecule has 0 saturated carbocycles. The molecule has 4 nitrogen and oxygen atoms in total. The highest BCUT2D eigenvalue weighted by molar-refractivity contribution is 6.30. The molecule has 0 heterocycles. The molecule has 1 N–H and O–H groups in total. The quantitative estimate of drug-likeness (QED) is 0.222. The van der Waals surface area contributed by atoms with E-state index in [4.69, 9.17) is 16.3 Å². The Hall–Kier alpha value is -3.44. The highest BCUT2D eigenvalue weighted by atomic mass is 35.5. The molecule has 1 atom stereocenters. The van der Waals surface area contributed by atoms with Gasteiger partial charge in [-0.2, -0.15) is 0 Å². The summed E-state index contributed by atoms with van der Waals surface area (Å²) in [5, 5.41) is 11.6. The summed E-state index contributed by atoms with van der Waals surface area (Å²) in [4.78, 5) is 14.3. The number of hydrogen-bond donors (Lipinski definition) is 1. The van der Waals surface area contributed by atoms with Gasteiger partial charge in [0.1, 0.15) is 0 Å². The number of aliphatic hydroxyl groups excluding tert-OH is 1. The van der Waals surface area contributed by atoms with Crippen LogP contribution in [0.2, 0.25) is 5.02 Å². The van der Waals surface area contributed by atoms with Crippen LogP contribution in [0.15, 0.2) is 91.0 Å². The Morgan fingerprint density at radius 1 is 0.895 bits per heavy atom. The van der Waals surface area contributed by atoms with E-state index in [9.17, 15) is 9.90 Å². The zero-order valence-electron chi connectivity index (χ0n) is 22.2. The van der Waals surface area contributed by atoms with Crippen LogP contribution in [0.1, 0.15) is 44.3 Å². The van der Waals surface area contributed by atoms with Gasteiger partial charge in [-0.25, -0.2) is 4.79 Å². The minimum Gasteiger partial charge on any atom is -0.465 e. The minimum absolute atomic E-state index is 0.321. The molecule has 0 spiro atoms. The normalized spacial score (nSPS) is 11.9. The Bertz CT molecular complexity index is 1350. The third kappa shape index (κ3) is 7.11. The largest absolute Gasteiger partial charge is 0.465 e. The number of rotatable bonds is 10. The van der Waals surface area contributed by atoms with Gasteiger partial charge in [0, 0.05) is 24.7 Å². The van der Waals surface area contributed by atoms with E-state index in [2.05, 4.69) is 41.3 Å². The van der Waals surface area contributed by atoms with Crippen molar-refractivity contribution in [3.8, 4) is 11.1 Å². The predicted molar refractivity (Wildman–Crippen MR) is 155 cm³/mol. The number of hydrogen-bond acceptors (Lipinski definition) is 4. The maximum atomic E-state index is 12.0. The number of methoxy groups -OCH3 is 1. The first kappa shape index (κ1) is 27.6. The fourth-order valence-electron chi connectivity index (χ4n) is 4.92. The molecule has 0 aliphatic heterocycles. The van der Waals surface area contributed by atoms with E-state index in [-0.39, 0.29) is 5.97 Å². The van der Waals surface area contributed by atoms with Crippen LogP contribution in [-0.4, -0.2) is 36.2 Å². The van der Waals surface area contributed by atoms with Crippen LogP contribution in [0, 0.1) is 13.8 Å². The molecule has 4 aromatic rings. The van der Waals surface area contributed by atoms with Crippen LogP contribution >= 0.6 is 11.6 Å². The Morgan fingerprint density at radius 3 is 2.21 bits per heavy atom. The molecule has 0 radical (unpaired) electrons. The van der Waals surface area contributed by atoms with Crippen LogP contribution in [0.3, 0.4) is 0 Å². The number of aryl methyl sites for hydroxylation is 2. The summed E-state index contributed by atoms with van der Waals surface area (Å²) >= 11 is 6.16. The highest BCUT2D eigenvalue weighted by Gasteiger charge is 2.16. The fourth-order valence-corrected chi connectivity index (χ4v) is 5.12. The van der Waals surface area contributed by atoms with Gasteiger partial charge < -0.3 is 9.84 Å². The third-order valence-electron chi connectivity index (χ3n) is 6.83. The number of esters is 1. The summed E-state index contributed by atoms with van der Waals surface area (Å²) in [6.07, 6.45) is 0.230. The molecule has 0 fully saturated rings. The van der Waals surface area contributed by atoms with Gasteiger partial charge in [-0.1, -0.05) is 78.3 Å². The molecule has 4 rings (SSSR count). The Morgan fingerprint density at radius 2 is 1.58 bits per heavy atom. The zero-order valence-corrected chi connectivity index (χ0v) is 22.9. The minimum atomic E-state index is -0.626. The Labute approximate surface area is 230 Å². The van der Waals surface area contributed by atoms with E-state index in [1.54, 1.807) is 0 Å². The summed E-state index contributed by atoms with van der Waals surface area (Å²) in [5.41, 5.74) is 8.18. The van der Waals surface area contributed by atoms with Gasteiger partial charge >= 0.3 is 5.97 Å². The van der Waals surface area contributed by atoms with Gasteiger partial charge in [-0.3, -0.25) is 4.90 Å². The zero-order chi connectivity index (χ0) is 27.1. The lowest BCUT2D eigenvalue weighted by molar-refractivity contribution is 0.0600. The van der Waals surface area contributed by atoms with Crippen molar-refractivity contribution >= 4 is 17.6 Å². The lowest BCUT2D eigenvalue weighted by Gasteiger charge is -2.26. The van der Waals surface area contributed by atoms with E-state index >= 15 is 0 Å². The van der Waals surface area contributed by atoms with Crippen molar-refractivity contribution in [3.05, 3.63) is 129 Å². The lowest BCUT2D eigenvalue weighted by Crippen LogP contribution is -2.30. The van der Waals surface area contributed by atoms with Gasteiger partial charge in [-0.15, -0.1) is 0 Å². The lowest BCUT2D eigenvalue weighted by atomic mass is 9.93. The maximum Gasteiger partial charge on any atom is 0.337 e. The molecule has 196 valence electrons. The standard InChI is InChI=1S/C33H34ClNO3/c1-23-18-29(33(37)38-3)19-24(2)32(23)27-14-12-25(13-15-27)16-17-35(21-26-8-5-4-6-9-26)22-31(36)28-10-7-11-30(34)20-28/h4-15,18-20,31,36H,16-17,21-22H2,1-3H3/t31-/m0/s1. The average molecular weight is 528 g/mol. The van der Waals surface area contributed by atoms with Crippen LogP contribution < -0.4 is 0 Å². The fraction of sp³-hybridized carbons (Fsp3) is 0.242. The number of carbonyl (C=O) groups excluding carboxylic acids is 1. The third-order valence-corrected chi connectivity index (χ3v) is 7.06. The molecule has 0 aliphatic carbocycles. The first-order chi connectivity index (χ1) is 18.3. The molecule has 0 bridgehead atoms. The molecular formula is C33H34ClNO3. The van der Waals surface area contributed by atoms with Crippen molar-refractivity contribution in [1.29, 1.82) is 0 Å². The molecule has 0 aromatic heterocycles. The number of nitrogens with zero attached hydrogens (tertiary/aromatic N) is 1. The molecule has 5 heteroatoms. The number of halogens is 1. The second-order valence-electron chi connectivity index (χ2n) is 9.72. The topological polar surface area (TPSA) is 49.8 Å². The van der Waals surface area contributed by atoms with Crippen molar-refractivity contribution in [2.75, 3.05) is 20.2 Å². The van der Waals surface area contributed by atoms with Crippen molar-refractivity contribution < 1.29 is 14.6 Å². The average Bonchev–Trinajstić information content (AvgIpc) is 2.92. The summed E-state index contributed by atoms with van der Waals surface area (Å²) in [6.45, 7) is 6.11. The predicted octanol–water partition coefficient (Wildman–Crippen LogP) is 7.19. The van der Waals surface area contributed by atoms with Gasteiger partial charge in [-0.05, 0) is 83.5 Å². The van der Waals surface area contributed by atoms with E-state index < -0.39 is 6.10 Å². The molecule has 4 aromatic carbocycles. The molecule has 38 heavy (non-hydrogen) atoms. The van der Waals surface area contributed by atoms with E-state index in [0.717, 1.165) is 47.3 Å². The van der Waals surface area contributed by atoms with Gasteiger partial charge in [0.25, 0.3) is 0 Å². The van der Waals surface area contributed by atoms with Crippen LogP contribution in [0.4, 0.5) is 0 Å². The molecule has 0 amide bonds. The van der Waals surface area contributed by atoms with Crippen LogP contribution in [-0.2, 0) is 17.7 Å². The Kier molecular flexibility index (Phi) is 9.35. The number of aliphatic hydroxyl groups is 1. The number of benzene rings is 4. The second kappa shape index (κ2) is 12.9. The van der Waals surface area contributed by atoms with Gasteiger partial charge in [0.05, 0.1) is 18.8 Å². The van der Waals surface area contributed by atoms with Crippen molar-refractivity contribution in [3.63, 3.8) is 0 Å². The van der Waals surface area contributed by atoms with E-state index in [1.165, 1.54) is 18.2 Å². The summed E-state index contributed by atoms with van der Waals surface area (Å²) in [6, 6.07) is 30.1. The van der Waals surface area contributed by atoms with Crippen molar-refractivity contribution in [1.82, 2.24) is 4.90 Å². The first-order valence-electron chi connectivity index (χ1n) is 12.8. The smallest absolute Gasteiger partial charge is 0.337 e. The molecule has 0 saturated heterocycles. The van der Waals surface area contributed by atoms with Crippen molar-refractivity contribution in [2.24, 2.45) is 0 Å². The van der Waals surface area contributed by atoms with Gasteiger partial charge in [0.2, 0.25) is 0 Å². The molecule has 0 aliphatic rings. The maximum absolute atomic E-state index is 12.0. The Balaban J connectivity index is 1.47. The first-order valence-corrected chi connectivity index (χ1v) is 13.2. The molecule has 0 unspecified atom stereocenters. The summed E-state index contributed by atoms with van der Waals surface area (Å²) in [7, 11) is 1.40. The monoisotopic (exact) mass is 527 g/mol. The van der Waals surface area contributed by atoms with E-state index in [0.29, 0.717) is 17.1 Å². The van der Waals surface area contributed by atoms with Crippen molar-refractivity contribution in [2.45, 2.75) is 32.9 Å². The van der Waals surface area contributed by atoms with Gasteiger partial charge in [0.15, 0.2) is 0 Å². The number of ether oxygens (including phenoxy) is 1. The summed E-state index contributed by atoms with van der Waals surface area (Å²) < 4.78 is 4.88. The van der Waals surface area contributed by atoms with E-state index in [1.807, 2.05) is 68.4 Å². The SMILES string of the molecule is COC(=O)c1cc(C)c(-c2ccc(CCN(Cc3ccccc3)C[C@H](O)c3cccc(Cl)c3)cc2)c(C)c1. The number of carbonyl (C=O) groups is 1. The summed E-state index contributed by atoms with van der Waals surface area (Å²) in [5.74, 6) is -0.321. The van der Waals surface area contributed by atoms with Crippen LogP contribution in [0.25, 0.3) is 11.1 Å². The second-order valence-corrected chi connectivity index (χ2v) is 10.2. The highest BCUT2D eigenvalue weighted by Crippen LogP contribution is 2.29.